The fourth-order valence-electron chi connectivity index (χ4n) is 1.25. The Kier molecular flexibility index (Phi) is 1.51. The molecule has 2 rings (SSSR count). The molecule has 0 saturated carbocycles. The van der Waals surface area contributed by atoms with Crippen LogP contribution in [-0.2, 0) is 0 Å². The Labute approximate surface area is 73.5 Å². The number of fused-ring (bicyclic) bond motifs is 1. The van der Waals surface area contributed by atoms with Crippen molar-refractivity contribution in [3.05, 3.63) is 33.9 Å². The highest BCUT2D eigenvalue weighted by Crippen LogP contribution is 2.22. The van der Waals surface area contributed by atoms with E-state index >= 15 is 0 Å². The molecule has 13 heavy (non-hydrogen) atoms. The number of aromatic amines is 1. The summed E-state index contributed by atoms with van der Waals surface area (Å²) in [5.74, 6) is -0.0429. The van der Waals surface area contributed by atoms with E-state index in [1.165, 1.54) is 0 Å². The van der Waals surface area contributed by atoms with Crippen LogP contribution in [0.25, 0.3) is 10.9 Å². The lowest BCUT2D eigenvalue weighted by atomic mass is 10.2. The Morgan fingerprint density at radius 3 is 3.00 bits per heavy atom. The zero-order valence-corrected chi connectivity index (χ0v) is 6.94. The molecule has 66 valence electrons. The topological polar surface area (TPSA) is 71.8 Å². The average Bonchev–Trinajstić information content (AvgIpc) is 2.46. The van der Waals surface area contributed by atoms with Gasteiger partial charge in [-0.05, 0) is 24.0 Å². The van der Waals surface area contributed by atoms with E-state index in [0.717, 1.165) is 5.56 Å². The number of benzene rings is 1. The number of nitro groups is 1. The van der Waals surface area contributed by atoms with Crippen molar-refractivity contribution in [3.8, 4) is 0 Å². The van der Waals surface area contributed by atoms with Crippen LogP contribution < -0.4 is 0 Å². The molecule has 0 aliphatic carbocycles. The Balaban J connectivity index is 2.79. The van der Waals surface area contributed by atoms with Gasteiger partial charge in [-0.1, -0.05) is 16.7 Å². The summed E-state index contributed by atoms with van der Waals surface area (Å²) in [5.41, 5.74) is 1.61. The molecule has 1 heterocycles. The number of rotatable bonds is 1. The lowest BCUT2D eigenvalue weighted by molar-refractivity contribution is -0.387. The van der Waals surface area contributed by atoms with Crippen LogP contribution in [0.1, 0.15) is 5.56 Å². The second-order valence-corrected chi connectivity index (χ2v) is 2.85. The molecule has 5 heteroatoms. The van der Waals surface area contributed by atoms with Gasteiger partial charge in [0, 0.05) is 0 Å². The number of H-pyrrole nitrogens is 1. The van der Waals surface area contributed by atoms with Crippen LogP contribution in [-0.4, -0.2) is 15.1 Å². The van der Waals surface area contributed by atoms with Crippen LogP contribution in [0, 0.1) is 17.0 Å². The van der Waals surface area contributed by atoms with Gasteiger partial charge in [0.05, 0.1) is 5.39 Å². The molecule has 0 bridgehead atoms. The predicted octanol–water partition coefficient (Wildman–Crippen LogP) is 1.78. The molecule has 1 N–H and O–H groups in total. The molecular weight excluding hydrogens is 170 g/mol. The Bertz CT molecular complexity index is 475. The third-order valence-corrected chi connectivity index (χ3v) is 1.87. The second-order valence-electron chi connectivity index (χ2n) is 2.85. The maximum absolute atomic E-state index is 10.5. The average molecular weight is 177 g/mol. The number of nitrogens with one attached hydrogen (secondary N) is 1. The van der Waals surface area contributed by atoms with Gasteiger partial charge in [0.2, 0.25) is 0 Å². The number of nitrogens with zero attached hydrogens (tertiary/aromatic N) is 2. The van der Waals surface area contributed by atoms with Gasteiger partial charge in [-0.25, -0.2) is 0 Å². The quantitative estimate of drug-likeness (QED) is 0.533. The van der Waals surface area contributed by atoms with Crippen LogP contribution in [0.3, 0.4) is 0 Å². The van der Waals surface area contributed by atoms with Gasteiger partial charge in [0.15, 0.2) is 0 Å². The Morgan fingerprint density at radius 2 is 2.31 bits per heavy atom. The summed E-state index contributed by atoms with van der Waals surface area (Å²) < 4.78 is 0. The highest BCUT2D eigenvalue weighted by atomic mass is 16.6. The normalized spacial score (nSPS) is 10.5. The minimum absolute atomic E-state index is 0.0429. The third kappa shape index (κ3) is 1.14. The molecule has 0 fully saturated rings. The summed E-state index contributed by atoms with van der Waals surface area (Å²) in [6.45, 7) is 1.89. The van der Waals surface area contributed by atoms with E-state index in [-0.39, 0.29) is 5.82 Å². The summed E-state index contributed by atoms with van der Waals surface area (Å²) in [6.07, 6.45) is 0. The van der Waals surface area contributed by atoms with Gasteiger partial charge in [-0.2, -0.15) is 0 Å². The Morgan fingerprint density at radius 1 is 1.54 bits per heavy atom. The fraction of sp³-hybridized carbons (Fsp3) is 0.125. The van der Waals surface area contributed by atoms with Crippen LogP contribution in [0.15, 0.2) is 18.2 Å². The molecule has 0 saturated heterocycles. The highest BCUT2D eigenvalue weighted by molar-refractivity contribution is 5.86. The summed E-state index contributed by atoms with van der Waals surface area (Å²) in [5, 5.41) is 17.3. The van der Waals surface area contributed by atoms with Gasteiger partial charge in [-0.15, -0.1) is 5.10 Å². The fourth-order valence-corrected chi connectivity index (χ4v) is 1.25. The molecule has 0 amide bonds. The molecule has 0 atom stereocenters. The minimum Gasteiger partial charge on any atom is -0.358 e. The van der Waals surface area contributed by atoms with Gasteiger partial charge < -0.3 is 10.1 Å². The molecule has 2 aromatic rings. The number of hydrogen-bond acceptors (Lipinski definition) is 3. The lowest BCUT2D eigenvalue weighted by Gasteiger charge is -1.91. The van der Waals surface area contributed by atoms with E-state index in [2.05, 4.69) is 10.2 Å². The summed E-state index contributed by atoms with van der Waals surface area (Å²) in [6, 6.07) is 5.37. The first-order chi connectivity index (χ1) is 6.18. The van der Waals surface area contributed by atoms with Crippen molar-refractivity contribution in [3.63, 3.8) is 0 Å². The van der Waals surface area contributed by atoms with Gasteiger partial charge >= 0.3 is 5.82 Å². The largest absolute Gasteiger partial charge is 0.358 e. The van der Waals surface area contributed by atoms with Gasteiger partial charge in [0.1, 0.15) is 5.52 Å². The third-order valence-electron chi connectivity index (χ3n) is 1.87. The minimum atomic E-state index is -0.464. The van der Waals surface area contributed by atoms with E-state index in [9.17, 15) is 10.1 Å². The van der Waals surface area contributed by atoms with Crippen molar-refractivity contribution in [2.75, 3.05) is 0 Å². The first-order valence-corrected chi connectivity index (χ1v) is 3.77. The first kappa shape index (κ1) is 7.72. The second kappa shape index (κ2) is 2.55. The van der Waals surface area contributed by atoms with Gasteiger partial charge in [0.25, 0.3) is 0 Å². The smallest absolute Gasteiger partial charge is 0.350 e. The maximum Gasteiger partial charge on any atom is 0.350 e. The summed E-state index contributed by atoms with van der Waals surface area (Å²) >= 11 is 0. The van der Waals surface area contributed by atoms with E-state index in [0.29, 0.717) is 10.9 Å². The molecule has 0 unspecified atom stereocenters. The molecule has 5 nitrogen and oxygen atoms in total. The van der Waals surface area contributed by atoms with E-state index in [1.807, 2.05) is 13.0 Å². The van der Waals surface area contributed by atoms with Crippen LogP contribution in [0.2, 0.25) is 0 Å². The maximum atomic E-state index is 10.5. The number of aromatic nitrogens is 2. The predicted molar refractivity (Wildman–Crippen MR) is 47.5 cm³/mol. The van der Waals surface area contributed by atoms with Crippen molar-refractivity contribution in [2.24, 2.45) is 0 Å². The number of aryl methyl sites for hydroxylation is 1. The zero-order chi connectivity index (χ0) is 9.42. The highest BCUT2D eigenvalue weighted by Gasteiger charge is 2.13. The zero-order valence-electron chi connectivity index (χ0n) is 6.94. The van der Waals surface area contributed by atoms with Crippen molar-refractivity contribution >= 4 is 16.7 Å². The van der Waals surface area contributed by atoms with Crippen LogP contribution in [0.5, 0.6) is 0 Å². The standard InChI is InChI=1S/C8H7N3O2/c1-5-2-3-7-6(4-5)8(10-9-7)11(12)13/h2-4H,1H3,(H,9,10). The molecule has 1 aromatic heterocycles. The molecule has 0 aliphatic rings. The van der Waals surface area contributed by atoms with Crippen molar-refractivity contribution in [1.29, 1.82) is 0 Å². The van der Waals surface area contributed by atoms with Crippen LogP contribution >= 0.6 is 0 Å². The summed E-state index contributed by atoms with van der Waals surface area (Å²) in [7, 11) is 0. The Hall–Kier alpha value is -1.91. The van der Waals surface area contributed by atoms with E-state index in [4.69, 9.17) is 0 Å². The molecule has 0 aliphatic heterocycles. The lowest BCUT2D eigenvalue weighted by Crippen LogP contribution is -1.87. The first-order valence-electron chi connectivity index (χ1n) is 3.77. The summed E-state index contributed by atoms with van der Waals surface area (Å²) in [4.78, 5) is 10.1. The van der Waals surface area contributed by atoms with Crippen LogP contribution in [0.4, 0.5) is 5.82 Å². The number of hydrogen-bond donors (Lipinski definition) is 1. The van der Waals surface area contributed by atoms with Gasteiger partial charge in [-0.3, -0.25) is 0 Å². The monoisotopic (exact) mass is 177 g/mol. The van der Waals surface area contributed by atoms with E-state index in [1.54, 1.807) is 12.1 Å². The molecule has 1 aromatic carbocycles. The van der Waals surface area contributed by atoms with Crippen molar-refractivity contribution < 1.29 is 4.92 Å². The SMILES string of the molecule is Cc1ccc2n[nH]c([N+](=O)[O-])c2c1. The molecular formula is C8H7N3O2. The van der Waals surface area contributed by atoms with Crippen molar-refractivity contribution in [1.82, 2.24) is 10.2 Å². The molecule has 0 radical (unpaired) electrons. The van der Waals surface area contributed by atoms with Crippen molar-refractivity contribution in [2.45, 2.75) is 6.92 Å². The van der Waals surface area contributed by atoms with E-state index < -0.39 is 4.92 Å². The molecule has 0 spiro atoms.